The van der Waals surface area contributed by atoms with Gasteiger partial charge in [0.25, 0.3) is 0 Å². The number of rotatable bonds is 4. The molecular weight excluding hydrogens is 250 g/mol. The molecule has 1 aliphatic carbocycles. The fourth-order valence-electron chi connectivity index (χ4n) is 1.99. The summed E-state index contributed by atoms with van der Waals surface area (Å²) in [5.41, 5.74) is -0.696. The Hall–Kier alpha value is -0.593. The van der Waals surface area contributed by atoms with E-state index >= 15 is 0 Å². The van der Waals surface area contributed by atoms with Crippen LogP contribution in [0.25, 0.3) is 0 Å². The normalized spacial score (nSPS) is 28.7. The molecule has 1 saturated carbocycles. The van der Waals surface area contributed by atoms with Gasteiger partial charge in [-0.3, -0.25) is 0 Å². The highest BCUT2D eigenvalue weighted by Crippen LogP contribution is 2.42. The van der Waals surface area contributed by atoms with Crippen molar-refractivity contribution in [3.63, 3.8) is 0 Å². The quantitative estimate of drug-likeness (QED) is 0.687. The maximum Gasteiger partial charge on any atom is 0.405 e. The Morgan fingerprint density at radius 3 is 2.28 bits per heavy atom. The van der Waals surface area contributed by atoms with E-state index in [0.29, 0.717) is 12.8 Å². The summed E-state index contributed by atoms with van der Waals surface area (Å²) in [6.45, 7) is 10.7. The molecule has 0 saturated heterocycles. The molecule has 0 aliphatic heterocycles. The zero-order valence-corrected chi connectivity index (χ0v) is 12.9. The van der Waals surface area contributed by atoms with Gasteiger partial charge in [0.2, 0.25) is 0 Å². The van der Waals surface area contributed by atoms with Gasteiger partial charge in [-0.2, -0.15) is 0 Å². The average Bonchev–Trinajstić information content (AvgIpc) is 2.10. The SMILES string of the molecule is CC(C)(C)[Si](C)(C)OC1CC(CO)(NC(=O)O)C1. The molecule has 1 fully saturated rings. The topological polar surface area (TPSA) is 78.8 Å². The molecule has 0 aromatic carbocycles. The fourth-order valence-corrected chi connectivity index (χ4v) is 3.34. The van der Waals surface area contributed by atoms with E-state index in [0.717, 1.165) is 0 Å². The highest BCUT2D eigenvalue weighted by Gasteiger charge is 2.49. The molecule has 0 aromatic rings. The third-order valence-corrected chi connectivity index (χ3v) is 8.71. The summed E-state index contributed by atoms with van der Waals surface area (Å²) in [5, 5.41) is 20.6. The summed E-state index contributed by atoms with van der Waals surface area (Å²) in [7, 11) is -1.81. The van der Waals surface area contributed by atoms with E-state index in [9.17, 15) is 9.90 Å². The Labute approximate surface area is 110 Å². The molecule has 0 radical (unpaired) electrons. The number of amides is 1. The highest BCUT2D eigenvalue weighted by molar-refractivity contribution is 6.74. The van der Waals surface area contributed by atoms with E-state index in [1.807, 2.05) is 0 Å². The van der Waals surface area contributed by atoms with Crippen molar-refractivity contribution < 1.29 is 19.4 Å². The molecule has 5 nitrogen and oxygen atoms in total. The lowest BCUT2D eigenvalue weighted by molar-refractivity contribution is -0.0172. The Kier molecular flexibility index (Phi) is 4.15. The van der Waals surface area contributed by atoms with Crippen LogP contribution in [0.1, 0.15) is 33.6 Å². The van der Waals surface area contributed by atoms with Crippen LogP contribution in [0.15, 0.2) is 0 Å². The van der Waals surface area contributed by atoms with Crippen molar-refractivity contribution in [3.05, 3.63) is 0 Å². The van der Waals surface area contributed by atoms with Crippen LogP contribution in [0.4, 0.5) is 4.79 Å². The lowest BCUT2D eigenvalue weighted by Crippen LogP contribution is -2.64. The molecule has 0 spiro atoms. The minimum atomic E-state index is -1.81. The summed E-state index contributed by atoms with van der Waals surface area (Å²) in [4.78, 5) is 10.7. The lowest BCUT2D eigenvalue weighted by Gasteiger charge is -2.50. The number of hydrogen-bond acceptors (Lipinski definition) is 3. The van der Waals surface area contributed by atoms with Gasteiger partial charge in [0, 0.05) is 6.10 Å². The Balaban J connectivity index is 2.54. The van der Waals surface area contributed by atoms with Crippen molar-refractivity contribution in [1.29, 1.82) is 0 Å². The van der Waals surface area contributed by atoms with Crippen LogP contribution in [0.5, 0.6) is 0 Å². The van der Waals surface area contributed by atoms with Crippen LogP contribution >= 0.6 is 0 Å². The predicted molar refractivity (Wildman–Crippen MR) is 72.3 cm³/mol. The first-order valence-corrected chi connectivity index (χ1v) is 9.22. The van der Waals surface area contributed by atoms with Gasteiger partial charge >= 0.3 is 6.09 Å². The van der Waals surface area contributed by atoms with Crippen molar-refractivity contribution >= 4 is 14.4 Å². The summed E-state index contributed by atoms with van der Waals surface area (Å²) < 4.78 is 6.17. The Bertz CT molecular complexity index is 319. The van der Waals surface area contributed by atoms with Crippen LogP contribution in [0.2, 0.25) is 18.1 Å². The molecule has 1 amide bonds. The van der Waals surface area contributed by atoms with Crippen molar-refractivity contribution in [2.45, 2.75) is 63.4 Å². The summed E-state index contributed by atoms with van der Waals surface area (Å²) in [5.74, 6) is 0. The maximum absolute atomic E-state index is 10.7. The first-order valence-electron chi connectivity index (χ1n) is 6.31. The second kappa shape index (κ2) is 4.83. The average molecular weight is 275 g/mol. The van der Waals surface area contributed by atoms with Gasteiger partial charge in [-0.1, -0.05) is 20.8 Å². The van der Waals surface area contributed by atoms with Gasteiger partial charge in [-0.05, 0) is 31.0 Å². The van der Waals surface area contributed by atoms with Gasteiger partial charge in [-0.25, -0.2) is 4.79 Å². The second-order valence-electron chi connectivity index (χ2n) is 6.78. The lowest BCUT2D eigenvalue weighted by atomic mass is 9.75. The standard InChI is InChI=1S/C12H25NO4Si/c1-11(2,3)18(4,5)17-9-6-12(7-9,8-14)13-10(15)16/h9,13-14H,6-8H2,1-5H3,(H,15,16). The first-order chi connectivity index (χ1) is 8.01. The van der Waals surface area contributed by atoms with E-state index in [1.54, 1.807) is 0 Å². The maximum atomic E-state index is 10.7. The number of carbonyl (C=O) groups is 1. The highest BCUT2D eigenvalue weighted by atomic mass is 28.4. The molecule has 0 atom stereocenters. The molecule has 1 aliphatic rings. The molecule has 0 bridgehead atoms. The van der Waals surface area contributed by atoms with E-state index in [1.165, 1.54) is 0 Å². The molecule has 0 aromatic heterocycles. The minimum absolute atomic E-state index is 0.0601. The third kappa shape index (κ3) is 3.24. The Morgan fingerprint density at radius 1 is 1.44 bits per heavy atom. The monoisotopic (exact) mass is 275 g/mol. The van der Waals surface area contributed by atoms with E-state index in [4.69, 9.17) is 9.53 Å². The van der Waals surface area contributed by atoms with Crippen LogP contribution in [0, 0.1) is 0 Å². The Morgan fingerprint density at radius 2 is 1.94 bits per heavy atom. The molecule has 3 N–H and O–H groups in total. The van der Waals surface area contributed by atoms with Crippen LogP contribution < -0.4 is 5.32 Å². The van der Waals surface area contributed by atoms with Crippen LogP contribution in [-0.4, -0.2) is 42.9 Å². The molecular formula is C12H25NO4Si. The molecule has 0 heterocycles. The van der Waals surface area contributed by atoms with Gasteiger partial charge in [-0.15, -0.1) is 0 Å². The van der Waals surface area contributed by atoms with Crippen molar-refractivity contribution in [2.24, 2.45) is 0 Å². The number of nitrogens with one attached hydrogen (secondary N) is 1. The second-order valence-corrected chi connectivity index (χ2v) is 11.5. The summed E-state index contributed by atoms with van der Waals surface area (Å²) in [6.07, 6.45) is 0.0877. The smallest absolute Gasteiger partial charge is 0.405 e. The van der Waals surface area contributed by atoms with E-state index in [2.05, 4.69) is 39.2 Å². The third-order valence-electron chi connectivity index (χ3n) is 4.18. The summed E-state index contributed by atoms with van der Waals surface area (Å²) >= 11 is 0. The zero-order valence-electron chi connectivity index (χ0n) is 11.9. The van der Waals surface area contributed by atoms with Gasteiger partial charge in [0.1, 0.15) is 0 Å². The molecule has 1 rings (SSSR count). The van der Waals surface area contributed by atoms with Gasteiger partial charge < -0.3 is 20.0 Å². The van der Waals surface area contributed by atoms with E-state index in [-0.39, 0.29) is 17.7 Å². The number of aliphatic hydroxyl groups excluding tert-OH is 1. The molecule has 106 valence electrons. The molecule has 6 heteroatoms. The van der Waals surface area contributed by atoms with Crippen molar-refractivity contribution in [1.82, 2.24) is 5.32 Å². The van der Waals surface area contributed by atoms with Gasteiger partial charge in [0.05, 0.1) is 12.1 Å². The van der Waals surface area contributed by atoms with Crippen molar-refractivity contribution in [3.8, 4) is 0 Å². The predicted octanol–water partition coefficient (Wildman–Crippen LogP) is 2.17. The van der Waals surface area contributed by atoms with Gasteiger partial charge in [0.15, 0.2) is 8.32 Å². The fraction of sp³-hybridized carbons (Fsp3) is 0.917. The molecule has 0 unspecified atom stereocenters. The minimum Gasteiger partial charge on any atom is -0.465 e. The van der Waals surface area contributed by atoms with Crippen molar-refractivity contribution in [2.75, 3.05) is 6.61 Å². The zero-order chi connectivity index (χ0) is 14.2. The molecule has 18 heavy (non-hydrogen) atoms. The summed E-state index contributed by atoms with van der Waals surface area (Å²) in [6, 6.07) is 0. The number of hydrogen-bond donors (Lipinski definition) is 3. The van der Waals surface area contributed by atoms with Crippen LogP contribution in [0.3, 0.4) is 0 Å². The van der Waals surface area contributed by atoms with Crippen LogP contribution in [-0.2, 0) is 4.43 Å². The van der Waals surface area contributed by atoms with E-state index < -0.39 is 19.9 Å². The number of aliphatic hydroxyl groups is 1. The largest absolute Gasteiger partial charge is 0.465 e. The first kappa shape index (κ1) is 15.5. The number of carboxylic acid groups (broad SMARTS) is 1.